The van der Waals surface area contributed by atoms with Gasteiger partial charge >= 0.3 is 0 Å². The second-order valence-corrected chi connectivity index (χ2v) is 6.88. The van der Waals surface area contributed by atoms with Crippen LogP contribution in [-0.2, 0) is 4.79 Å². The largest absolute Gasteiger partial charge is 0.481 e. The van der Waals surface area contributed by atoms with Crippen LogP contribution in [0.4, 0.5) is 5.69 Å². The molecule has 0 bridgehead atoms. The van der Waals surface area contributed by atoms with Crippen LogP contribution >= 0.6 is 0 Å². The molecule has 0 saturated heterocycles. The average Bonchev–Trinajstić information content (AvgIpc) is 2.70. The Morgan fingerprint density at radius 3 is 2.07 bits per heavy atom. The van der Waals surface area contributed by atoms with Crippen molar-refractivity contribution >= 4 is 11.6 Å². The lowest BCUT2D eigenvalue weighted by Crippen LogP contribution is -2.30. The van der Waals surface area contributed by atoms with Crippen molar-refractivity contribution in [2.24, 2.45) is 0 Å². The van der Waals surface area contributed by atoms with Crippen LogP contribution < -0.4 is 14.8 Å². The van der Waals surface area contributed by atoms with E-state index in [1.54, 1.807) is 6.92 Å². The monoisotopic (exact) mass is 375 g/mol. The minimum absolute atomic E-state index is 0.199. The first-order valence-corrected chi connectivity index (χ1v) is 9.42. The molecular weight excluding hydrogens is 350 g/mol. The Labute approximate surface area is 166 Å². The van der Waals surface area contributed by atoms with E-state index in [1.807, 2.05) is 78.9 Å². The third-order valence-corrected chi connectivity index (χ3v) is 4.31. The van der Waals surface area contributed by atoms with E-state index in [4.69, 9.17) is 9.47 Å². The van der Waals surface area contributed by atoms with Gasteiger partial charge in [-0.15, -0.1) is 0 Å². The normalized spacial score (nSPS) is 11.7. The van der Waals surface area contributed by atoms with Gasteiger partial charge in [-0.2, -0.15) is 0 Å². The van der Waals surface area contributed by atoms with Crippen molar-refractivity contribution in [1.82, 2.24) is 0 Å². The van der Waals surface area contributed by atoms with Gasteiger partial charge in [0.1, 0.15) is 17.2 Å². The Morgan fingerprint density at radius 2 is 1.39 bits per heavy atom. The number of anilines is 1. The summed E-state index contributed by atoms with van der Waals surface area (Å²) in [4.78, 5) is 12.5. The molecule has 4 heteroatoms. The van der Waals surface area contributed by atoms with Crippen molar-refractivity contribution < 1.29 is 14.3 Å². The molecule has 0 fully saturated rings. The summed E-state index contributed by atoms with van der Waals surface area (Å²) < 4.78 is 11.7. The molecule has 0 unspecified atom stereocenters. The summed E-state index contributed by atoms with van der Waals surface area (Å²) in [5.74, 6) is 2.34. The van der Waals surface area contributed by atoms with Crippen molar-refractivity contribution in [3.8, 4) is 17.2 Å². The van der Waals surface area contributed by atoms with Gasteiger partial charge in [0.25, 0.3) is 5.91 Å². The standard InChI is InChI=1S/C24H25NO3/c1-17(2)22-11-7-8-12-23(22)27-18(3)24(26)25-19-13-15-21(16-14-19)28-20-9-5-4-6-10-20/h4-18H,1-3H3,(H,25,26)/t18-/m0/s1. The molecule has 1 atom stereocenters. The maximum atomic E-state index is 12.5. The van der Waals surface area contributed by atoms with Crippen LogP contribution in [0.15, 0.2) is 78.9 Å². The van der Waals surface area contributed by atoms with Crippen molar-refractivity contribution in [1.29, 1.82) is 0 Å². The van der Waals surface area contributed by atoms with Crippen LogP contribution in [0, 0.1) is 0 Å². The Kier molecular flexibility index (Phi) is 6.33. The number of hydrogen-bond donors (Lipinski definition) is 1. The molecule has 0 aliphatic carbocycles. The first-order chi connectivity index (χ1) is 13.5. The summed E-state index contributed by atoms with van der Waals surface area (Å²) in [6.45, 7) is 5.96. The minimum atomic E-state index is -0.611. The smallest absolute Gasteiger partial charge is 0.265 e. The van der Waals surface area contributed by atoms with Crippen LogP contribution in [0.5, 0.6) is 17.2 Å². The van der Waals surface area contributed by atoms with Crippen molar-refractivity contribution in [2.75, 3.05) is 5.32 Å². The summed E-state index contributed by atoms with van der Waals surface area (Å²) >= 11 is 0. The minimum Gasteiger partial charge on any atom is -0.481 e. The topological polar surface area (TPSA) is 47.6 Å². The van der Waals surface area contributed by atoms with Gasteiger partial charge < -0.3 is 14.8 Å². The second kappa shape index (κ2) is 9.09. The van der Waals surface area contributed by atoms with Crippen molar-refractivity contribution in [3.05, 3.63) is 84.4 Å². The van der Waals surface area contributed by atoms with Crippen LogP contribution in [0.3, 0.4) is 0 Å². The molecule has 0 heterocycles. The van der Waals surface area contributed by atoms with Gasteiger partial charge in [-0.3, -0.25) is 4.79 Å². The molecule has 4 nitrogen and oxygen atoms in total. The molecule has 0 radical (unpaired) electrons. The SMILES string of the molecule is CC(C)c1ccccc1O[C@@H](C)C(=O)Nc1ccc(Oc2ccccc2)cc1. The maximum Gasteiger partial charge on any atom is 0.265 e. The molecular formula is C24H25NO3. The Balaban J connectivity index is 1.60. The highest BCUT2D eigenvalue weighted by Crippen LogP contribution is 2.27. The molecule has 3 aromatic carbocycles. The molecule has 0 aromatic heterocycles. The number of hydrogen-bond acceptors (Lipinski definition) is 3. The first kappa shape index (κ1) is 19.5. The van der Waals surface area contributed by atoms with Crippen LogP contribution in [-0.4, -0.2) is 12.0 Å². The summed E-state index contributed by atoms with van der Waals surface area (Å²) in [5, 5.41) is 2.88. The predicted octanol–water partition coefficient (Wildman–Crippen LogP) is 6.01. The zero-order valence-corrected chi connectivity index (χ0v) is 16.4. The van der Waals surface area contributed by atoms with E-state index in [1.165, 1.54) is 0 Å². The highest BCUT2D eigenvalue weighted by molar-refractivity contribution is 5.94. The molecule has 0 spiro atoms. The molecule has 0 saturated carbocycles. The quantitative estimate of drug-likeness (QED) is 0.550. The molecule has 28 heavy (non-hydrogen) atoms. The number of para-hydroxylation sites is 2. The summed E-state index contributed by atoms with van der Waals surface area (Å²) in [7, 11) is 0. The number of rotatable bonds is 7. The van der Waals surface area contributed by atoms with Crippen LogP contribution in [0.25, 0.3) is 0 Å². The molecule has 3 rings (SSSR count). The highest BCUT2D eigenvalue weighted by Gasteiger charge is 2.17. The van der Waals surface area contributed by atoms with E-state index in [9.17, 15) is 4.79 Å². The van der Waals surface area contributed by atoms with E-state index in [0.29, 0.717) is 17.4 Å². The number of carbonyl (C=O) groups excluding carboxylic acids is 1. The lowest BCUT2D eigenvalue weighted by Gasteiger charge is -2.18. The van der Waals surface area contributed by atoms with Gasteiger partial charge in [-0.05, 0) is 60.9 Å². The van der Waals surface area contributed by atoms with Gasteiger partial charge in [0, 0.05) is 5.69 Å². The Bertz CT molecular complexity index is 905. The van der Waals surface area contributed by atoms with Crippen molar-refractivity contribution in [2.45, 2.75) is 32.8 Å². The zero-order chi connectivity index (χ0) is 19.9. The maximum absolute atomic E-state index is 12.5. The predicted molar refractivity (Wildman–Crippen MR) is 112 cm³/mol. The van der Waals surface area contributed by atoms with E-state index in [-0.39, 0.29) is 5.91 Å². The molecule has 3 aromatic rings. The molecule has 0 aliphatic heterocycles. The third kappa shape index (κ3) is 5.13. The molecule has 144 valence electrons. The molecule has 1 amide bonds. The first-order valence-electron chi connectivity index (χ1n) is 9.42. The third-order valence-electron chi connectivity index (χ3n) is 4.31. The van der Waals surface area contributed by atoms with Gasteiger partial charge in [-0.1, -0.05) is 50.2 Å². The summed E-state index contributed by atoms with van der Waals surface area (Å²) in [6, 6.07) is 24.6. The van der Waals surface area contributed by atoms with E-state index < -0.39 is 6.10 Å². The van der Waals surface area contributed by atoms with Crippen LogP contribution in [0.1, 0.15) is 32.3 Å². The van der Waals surface area contributed by atoms with Crippen molar-refractivity contribution in [3.63, 3.8) is 0 Å². The second-order valence-electron chi connectivity index (χ2n) is 6.88. The molecule has 0 aliphatic rings. The highest BCUT2D eigenvalue weighted by atomic mass is 16.5. The number of carbonyl (C=O) groups is 1. The van der Waals surface area contributed by atoms with Crippen LogP contribution in [0.2, 0.25) is 0 Å². The van der Waals surface area contributed by atoms with E-state index >= 15 is 0 Å². The van der Waals surface area contributed by atoms with Gasteiger partial charge in [0.2, 0.25) is 0 Å². The van der Waals surface area contributed by atoms with E-state index in [0.717, 1.165) is 17.1 Å². The zero-order valence-electron chi connectivity index (χ0n) is 16.4. The average molecular weight is 375 g/mol. The van der Waals surface area contributed by atoms with Gasteiger partial charge in [-0.25, -0.2) is 0 Å². The Hall–Kier alpha value is -3.27. The fraction of sp³-hybridized carbons (Fsp3) is 0.208. The summed E-state index contributed by atoms with van der Waals surface area (Å²) in [5.41, 5.74) is 1.78. The number of benzene rings is 3. The number of amides is 1. The molecule has 1 N–H and O–H groups in total. The lowest BCUT2D eigenvalue weighted by molar-refractivity contribution is -0.122. The van der Waals surface area contributed by atoms with Gasteiger partial charge in [0.05, 0.1) is 0 Å². The number of nitrogens with one attached hydrogen (secondary N) is 1. The fourth-order valence-corrected chi connectivity index (χ4v) is 2.78. The van der Waals surface area contributed by atoms with Gasteiger partial charge in [0.15, 0.2) is 6.10 Å². The van der Waals surface area contributed by atoms with E-state index in [2.05, 4.69) is 19.2 Å². The Morgan fingerprint density at radius 1 is 0.786 bits per heavy atom. The number of ether oxygens (including phenoxy) is 2. The lowest BCUT2D eigenvalue weighted by atomic mass is 10.0. The summed E-state index contributed by atoms with van der Waals surface area (Å²) in [6.07, 6.45) is -0.611. The fourth-order valence-electron chi connectivity index (χ4n) is 2.78.